The van der Waals surface area contributed by atoms with Crippen LogP contribution in [-0.2, 0) is 28.6 Å². The van der Waals surface area contributed by atoms with Crippen LogP contribution in [0.4, 0.5) is 0 Å². The first-order valence-corrected chi connectivity index (χ1v) is 32.6. The summed E-state index contributed by atoms with van der Waals surface area (Å²) in [4.78, 5) is 38.3. The number of carbonyl (C=O) groups excluding carboxylic acids is 3. The molecule has 0 amide bonds. The molecule has 0 aromatic rings. The predicted molar refractivity (Wildman–Crippen MR) is 330 cm³/mol. The SMILES string of the molecule is CC/C=C\C/C=C\C/C=C\C/C=C\CCCCCCCCCCCCCCCCC(=O)OCC(COC(=O)CCCCCCC/C=C\CCCCCC)OC(=O)CCCCCCCCC/C=C\C/C=C\CCCCCC. The monoisotopic (exact) mass is 1060 g/mol. The van der Waals surface area contributed by atoms with E-state index < -0.39 is 6.10 Å². The number of hydrogen-bond donors (Lipinski definition) is 0. The number of esters is 3. The maximum atomic E-state index is 12.9. The van der Waals surface area contributed by atoms with Crippen LogP contribution in [0.2, 0.25) is 0 Å². The Morgan fingerprint density at radius 2 is 0.513 bits per heavy atom. The van der Waals surface area contributed by atoms with Crippen LogP contribution < -0.4 is 0 Å². The van der Waals surface area contributed by atoms with Crippen molar-refractivity contribution in [3.05, 3.63) is 85.1 Å². The normalized spacial score (nSPS) is 12.6. The summed E-state index contributed by atoms with van der Waals surface area (Å²) in [7, 11) is 0. The summed E-state index contributed by atoms with van der Waals surface area (Å²) in [5.41, 5.74) is 0. The van der Waals surface area contributed by atoms with Crippen molar-refractivity contribution >= 4 is 17.9 Å². The molecule has 0 aromatic heterocycles. The highest BCUT2D eigenvalue weighted by Gasteiger charge is 2.19. The lowest BCUT2D eigenvalue weighted by atomic mass is 10.0. The minimum absolute atomic E-state index is 0.0806. The number of hydrogen-bond acceptors (Lipinski definition) is 6. The van der Waals surface area contributed by atoms with Gasteiger partial charge in [0.05, 0.1) is 0 Å². The molecule has 0 saturated carbocycles. The maximum Gasteiger partial charge on any atom is 0.306 e. The van der Waals surface area contributed by atoms with E-state index in [1.165, 1.54) is 180 Å². The highest BCUT2D eigenvalue weighted by Crippen LogP contribution is 2.16. The first kappa shape index (κ1) is 72.6. The van der Waals surface area contributed by atoms with Gasteiger partial charge >= 0.3 is 17.9 Å². The molecule has 0 fully saturated rings. The van der Waals surface area contributed by atoms with Gasteiger partial charge in [-0.3, -0.25) is 14.4 Å². The highest BCUT2D eigenvalue weighted by molar-refractivity contribution is 5.71. The van der Waals surface area contributed by atoms with Crippen molar-refractivity contribution in [3.63, 3.8) is 0 Å². The number of rotatable bonds is 59. The van der Waals surface area contributed by atoms with E-state index in [4.69, 9.17) is 14.2 Å². The topological polar surface area (TPSA) is 78.9 Å². The molecular weight excluding hydrogens is 937 g/mol. The van der Waals surface area contributed by atoms with Gasteiger partial charge in [0.25, 0.3) is 0 Å². The van der Waals surface area contributed by atoms with Crippen LogP contribution in [0.15, 0.2) is 85.1 Å². The minimum Gasteiger partial charge on any atom is -0.462 e. The van der Waals surface area contributed by atoms with Gasteiger partial charge in [0, 0.05) is 19.3 Å². The maximum absolute atomic E-state index is 12.9. The van der Waals surface area contributed by atoms with Crippen molar-refractivity contribution < 1.29 is 28.6 Å². The average molecular weight is 1060 g/mol. The summed E-state index contributed by atoms with van der Waals surface area (Å²) in [6.07, 6.45) is 84.5. The Morgan fingerprint density at radius 3 is 0.816 bits per heavy atom. The molecule has 0 spiro atoms. The Morgan fingerprint density at radius 1 is 0.276 bits per heavy atom. The van der Waals surface area contributed by atoms with Gasteiger partial charge in [-0.2, -0.15) is 0 Å². The van der Waals surface area contributed by atoms with Gasteiger partial charge in [-0.25, -0.2) is 0 Å². The van der Waals surface area contributed by atoms with Crippen LogP contribution in [0.5, 0.6) is 0 Å². The van der Waals surface area contributed by atoms with E-state index in [9.17, 15) is 14.4 Å². The molecule has 6 nitrogen and oxygen atoms in total. The van der Waals surface area contributed by atoms with Crippen molar-refractivity contribution in [2.24, 2.45) is 0 Å². The molecule has 0 aliphatic heterocycles. The molecule has 0 aliphatic carbocycles. The fourth-order valence-corrected chi connectivity index (χ4v) is 9.23. The van der Waals surface area contributed by atoms with Crippen LogP contribution in [0.25, 0.3) is 0 Å². The fourth-order valence-electron chi connectivity index (χ4n) is 9.23. The molecule has 76 heavy (non-hydrogen) atoms. The van der Waals surface area contributed by atoms with Gasteiger partial charge in [0.2, 0.25) is 0 Å². The van der Waals surface area contributed by atoms with E-state index >= 15 is 0 Å². The second kappa shape index (κ2) is 64.1. The first-order valence-electron chi connectivity index (χ1n) is 32.6. The lowest BCUT2D eigenvalue weighted by Crippen LogP contribution is -2.30. The zero-order valence-electron chi connectivity index (χ0n) is 50.3. The second-order valence-electron chi connectivity index (χ2n) is 21.6. The lowest BCUT2D eigenvalue weighted by Gasteiger charge is -2.18. The molecular formula is C70H122O6. The summed E-state index contributed by atoms with van der Waals surface area (Å²) < 4.78 is 16.9. The molecule has 6 heteroatoms. The summed E-state index contributed by atoms with van der Waals surface area (Å²) in [6, 6.07) is 0. The second-order valence-corrected chi connectivity index (χ2v) is 21.6. The average Bonchev–Trinajstić information content (AvgIpc) is 3.42. The molecule has 1 unspecified atom stereocenters. The Balaban J connectivity index is 4.28. The highest BCUT2D eigenvalue weighted by atomic mass is 16.6. The van der Waals surface area contributed by atoms with Gasteiger partial charge in [-0.1, -0.05) is 273 Å². The van der Waals surface area contributed by atoms with Gasteiger partial charge < -0.3 is 14.2 Å². The first-order chi connectivity index (χ1) is 37.5. The number of carbonyl (C=O) groups is 3. The Hall–Kier alpha value is -3.41. The third-order valence-corrected chi connectivity index (χ3v) is 14.1. The van der Waals surface area contributed by atoms with E-state index in [-0.39, 0.29) is 31.1 Å². The fraction of sp³-hybridized carbons (Fsp3) is 0.757. The Labute approximate surface area is 471 Å². The third-order valence-electron chi connectivity index (χ3n) is 14.1. The molecule has 0 rings (SSSR count). The molecule has 0 N–H and O–H groups in total. The Kier molecular flexibility index (Phi) is 61.2. The van der Waals surface area contributed by atoms with E-state index in [2.05, 4.69) is 106 Å². The molecule has 0 aromatic carbocycles. The van der Waals surface area contributed by atoms with Crippen molar-refractivity contribution in [1.29, 1.82) is 0 Å². The zero-order chi connectivity index (χ0) is 55.0. The molecule has 1 atom stereocenters. The van der Waals surface area contributed by atoms with Crippen molar-refractivity contribution in [3.8, 4) is 0 Å². The van der Waals surface area contributed by atoms with E-state index in [1.54, 1.807) is 0 Å². The molecule has 0 saturated heterocycles. The van der Waals surface area contributed by atoms with Crippen molar-refractivity contribution in [1.82, 2.24) is 0 Å². The van der Waals surface area contributed by atoms with Crippen molar-refractivity contribution in [2.45, 2.75) is 329 Å². The molecule has 0 heterocycles. The van der Waals surface area contributed by atoms with Gasteiger partial charge in [-0.15, -0.1) is 0 Å². The standard InChI is InChI=1S/C70H122O6/c1-4-7-10-13-16-19-22-25-27-29-31-32-33-34-35-36-37-38-39-41-42-45-48-51-54-57-60-63-69(72)75-66-67(65-74-68(71)62-59-56-53-50-47-44-24-21-18-15-12-9-6-3)76-70(73)64-61-58-55-52-49-46-43-40-30-28-26-23-20-17-14-11-8-5-2/h7,10,16,19-21,23-25,27-28,30-32,67H,4-6,8-9,11-15,17-18,22,26,29,33-66H2,1-3H3/b10-7-,19-16-,23-20-,24-21-,27-25-,30-28-,32-31-. The van der Waals surface area contributed by atoms with E-state index in [0.717, 1.165) is 103 Å². The Bertz CT molecular complexity index is 1450. The van der Waals surface area contributed by atoms with Gasteiger partial charge in [0.15, 0.2) is 6.10 Å². The van der Waals surface area contributed by atoms with Gasteiger partial charge in [0.1, 0.15) is 13.2 Å². The third kappa shape index (κ3) is 61.4. The van der Waals surface area contributed by atoms with Crippen LogP contribution in [0.1, 0.15) is 323 Å². The largest absolute Gasteiger partial charge is 0.462 e. The minimum atomic E-state index is -0.784. The number of allylic oxidation sites excluding steroid dienone is 14. The van der Waals surface area contributed by atoms with Crippen LogP contribution in [-0.4, -0.2) is 37.2 Å². The molecule has 0 bridgehead atoms. The van der Waals surface area contributed by atoms with Crippen molar-refractivity contribution in [2.75, 3.05) is 13.2 Å². The summed E-state index contributed by atoms with van der Waals surface area (Å²) in [5, 5.41) is 0. The summed E-state index contributed by atoms with van der Waals surface area (Å²) >= 11 is 0. The van der Waals surface area contributed by atoms with Gasteiger partial charge in [-0.05, 0) is 116 Å². The number of unbranched alkanes of at least 4 members (excludes halogenated alkanes) is 34. The summed E-state index contributed by atoms with van der Waals surface area (Å²) in [5.74, 6) is -0.885. The smallest absolute Gasteiger partial charge is 0.306 e. The summed E-state index contributed by atoms with van der Waals surface area (Å²) in [6.45, 7) is 6.51. The van der Waals surface area contributed by atoms with E-state index in [0.29, 0.717) is 19.3 Å². The lowest BCUT2D eigenvalue weighted by molar-refractivity contribution is -0.167. The molecule has 0 radical (unpaired) electrons. The molecule has 438 valence electrons. The van der Waals surface area contributed by atoms with E-state index in [1.807, 2.05) is 0 Å². The van der Waals surface area contributed by atoms with Crippen LogP contribution in [0.3, 0.4) is 0 Å². The van der Waals surface area contributed by atoms with Crippen LogP contribution >= 0.6 is 0 Å². The zero-order valence-corrected chi connectivity index (χ0v) is 50.3. The van der Waals surface area contributed by atoms with Crippen LogP contribution in [0, 0.1) is 0 Å². The quantitative estimate of drug-likeness (QED) is 0.0261. The molecule has 0 aliphatic rings. The predicted octanol–water partition coefficient (Wildman–Crippen LogP) is 22.3. The number of ether oxygens (including phenoxy) is 3.